The maximum absolute atomic E-state index is 5.54. The van der Waals surface area contributed by atoms with Gasteiger partial charge in [0.25, 0.3) is 0 Å². The Morgan fingerprint density at radius 1 is 1.20 bits per heavy atom. The number of nitrogens with one attached hydrogen (secondary N) is 1. The summed E-state index contributed by atoms with van der Waals surface area (Å²) in [5.41, 5.74) is 1.35. The van der Waals surface area contributed by atoms with Crippen LogP contribution >= 0.6 is 0 Å². The van der Waals surface area contributed by atoms with Crippen molar-refractivity contribution in [1.29, 1.82) is 0 Å². The molecule has 4 nitrogen and oxygen atoms in total. The molecule has 1 fully saturated rings. The molecule has 3 rings (SSSR count). The third-order valence-corrected chi connectivity index (χ3v) is 4.47. The molecule has 20 heavy (non-hydrogen) atoms. The van der Waals surface area contributed by atoms with E-state index in [4.69, 9.17) is 9.47 Å². The highest BCUT2D eigenvalue weighted by molar-refractivity contribution is 5.45. The van der Waals surface area contributed by atoms with Crippen LogP contribution in [-0.4, -0.2) is 37.9 Å². The van der Waals surface area contributed by atoms with Crippen molar-refractivity contribution in [2.75, 3.05) is 33.0 Å². The highest BCUT2D eigenvalue weighted by Gasteiger charge is 2.27. The highest BCUT2D eigenvalue weighted by Crippen LogP contribution is 2.38. The molecule has 1 N–H and O–H groups in total. The number of rotatable bonds is 4. The van der Waals surface area contributed by atoms with Crippen LogP contribution in [0.1, 0.15) is 31.9 Å². The quantitative estimate of drug-likeness (QED) is 0.915. The topological polar surface area (TPSA) is 33.7 Å². The fourth-order valence-corrected chi connectivity index (χ4v) is 3.18. The van der Waals surface area contributed by atoms with Crippen LogP contribution in [0.4, 0.5) is 0 Å². The summed E-state index contributed by atoms with van der Waals surface area (Å²) >= 11 is 0. The van der Waals surface area contributed by atoms with Gasteiger partial charge in [-0.25, -0.2) is 0 Å². The van der Waals surface area contributed by atoms with Gasteiger partial charge in [-0.15, -0.1) is 0 Å². The third-order valence-electron chi connectivity index (χ3n) is 4.47. The van der Waals surface area contributed by atoms with E-state index in [1.807, 2.05) is 0 Å². The van der Waals surface area contributed by atoms with Crippen molar-refractivity contribution >= 4 is 0 Å². The molecule has 1 aromatic carbocycles. The van der Waals surface area contributed by atoms with Crippen molar-refractivity contribution < 1.29 is 9.47 Å². The Bertz CT molecular complexity index is 458. The molecule has 0 aromatic heterocycles. The molecule has 0 spiro atoms. The molecule has 0 saturated carbocycles. The van der Waals surface area contributed by atoms with Gasteiger partial charge in [-0.05, 0) is 23.6 Å². The van der Waals surface area contributed by atoms with Gasteiger partial charge in [0.05, 0.1) is 0 Å². The first-order valence-corrected chi connectivity index (χ1v) is 7.64. The van der Waals surface area contributed by atoms with Gasteiger partial charge in [0, 0.05) is 32.2 Å². The zero-order valence-electron chi connectivity index (χ0n) is 12.4. The Hall–Kier alpha value is -1.26. The molecule has 0 amide bonds. The lowest BCUT2D eigenvalue weighted by atomic mass is 9.90. The van der Waals surface area contributed by atoms with E-state index in [0.29, 0.717) is 18.8 Å². The Kier molecular flexibility index (Phi) is 4.13. The standard InChI is InChI=1S/C16H24N2O2/c1-3-12(2)16(18-8-6-17-7-9-18)13-4-5-14-15(10-13)20-11-19-14/h4-5,10,12,16-17H,3,6-9,11H2,1-2H3/t12?,16-/m1/s1. The van der Waals surface area contributed by atoms with E-state index in [2.05, 4.69) is 42.3 Å². The fraction of sp³-hybridized carbons (Fsp3) is 0.625. The van der Waals surface area contributed by atoms with Crippen molar-refractivity contribution in [2.45, 2.75) is 26.3 Å². The summed E-state index contributed by atoms with van der Waals surface area (Å²) in [4.78, 5) is 2.60. The van der Waals surface area contributed by atoms with Gasteiger partial charge >= 0.3 is 0 Å². The second-order valence-electron chi connectivity index (χ2n) is 5.73. The summed E-state index contributed by atoms with van der Waals surface area (Å²) in [6.45, 7) is 9.35. The van der Waals surface area contributed by atoms with Crippen LogP contribution in [0.3, 0.4) is 0 Å². The maximum atomic E-state index is 5.54. The minimum Gasteiger partial charge on any atom is -0.454 e. The average Bonchev–Trinajstić information content (AvgIpc) is 2.96. The van der Waals surface area contributed by atoms with Gasteiger partial charge in [-0.1, -0.05) is 26.3 Å². The first-order chi connectivity index (χ1) is 9.79. The summed E-state index contributed by atoms with van der Waals surface area (Å²) in [6.07, 6.45) is 1.18. The molecule has 1 unspecified atom stereocenters. The van der Waals surface area contributed by atoms with Gasteiger partial charge in [0.15, 0.2) is 11.5 Å². The summed E-state index contributed by atoms with van der Waals surface area (Å²) in [7, 11) is 0. The minimum atomic E-state index is 0.348. The first kappa shape index (κ1) is 13.7. The van der Waals surface area contributed by atoms with Crippen molar-refractivity contribution in [1.82, 2.24) is 10.2 Å². The molecular weight excluding hydrogens is 252 g/mol. The second-order valence-corrected chi connectivity index (χ2v) is 5.73. The molecule has 2 atom stereocenters. The van der Waals surface area contributed by atoms with E-state index in [9.17, 15) is 0 Å². The van der Waals surface area contributed by atoms with Crippen LogP contribution in [0.5, 0.6) is 11.5 Å². The number of hydrogen-bond acceptors (Lipinski definition) is 4. The van der Waals surface area contributed by atoms with Crippen molar-refractivity contribution in [3.8, 4) is 11.5 Å². The van der Waals surface area contributed by atoms with Crippen LogP contribution in [0.25, 0.3) is 0 Å². The number of fused-ring (bicyclic) bond motifs is 1. The zero-order chi connectivity index (χ0) is 13.9. The predicted molar refractivity (Wildman–Crippen MR) is 79.2 cm³/mol. The van der Waals surface area contributed by atoms with Crippen molar-refractivity contribution in [3.63, 3.8) is 0 Å². The summed E-state index contributed by atoms with van der Waals surface area (Å²) in [5, 5.41) is 3.43. The monoisotopic (exact) mass is 276 g/mol. The van der Waals surface area contributed by atoms with Gasteiger partial charge in [0.2, 0.25) is 6.79 Å². The van der Waals surface area contributed by atoms with Gasteiger partial charge in [-0.2, -0.15) is 0 Å². The molecule has 110 valence electrons. The predicted octanol–water partition coefficient (Wildman–Crippen LogP) is 2.41. The number of nitrogens with zero attached hydrogens (tertiary/aromatic N) is 1. The normalized spacial score (nSPS) is 21.7. The van der Waals surface area contributed by atoms with Crippen LogP contribution < -0.4 is 14.8 Å². The largest absolute Gasteiger partial charge is 0.454 e. The molecule has 2 aliphatic rings. The maximum Gasteiger partial charge on any atom is 0.231 e. The van der Waals surface area contributed by atoms with Crippen molar-refractivity contribution in [3.05, 3.63) is 23.8 Å². The Morgan fingerprint density at radius 3 is 2.70 bits per heavy atom. The minimum absolute atomic E-state index is 0.348. The van der Waals surface area contributed by atoms with Crippen LogP contribution in [0, 0.1) is 5.92 Å². The lowest BCUT2D eigenvalue weighted by Crippen LogP contribution is -2.46. The van der Waals surface area contributed by atoms with Crippen molar-refractivity contribution in [2.24, 2.45) is 5.92 Å². The summed E-state index contributed by atoms with van der Waals surface area (Å²) < 4.78 is 11.0. The van der Waals surface area contributed by atoms with Crippen LogP contribution in [-0.2, 0) is 0 Å². The Labute approximate surface area is 121 Å². The van der Waals surface area contributed by atoms with Gasteiger partial charge < -0.3 is 14.8 Å². The number of benzene rings is 1. The molecule has 0 aliphatic carbocycles. The summed E-state index contributed by atoms with van der Waals surface area (Å²) in [5.74, 6) is 2.40. The van der Waals surface area contributed by atoms with E-state index in [1.165, 1.54) is 12.0 Å². The van der Waals surface area contributed by atoms with E-state index in [1.54, 1.807) is 0 Å². The lowest BCUT2D eigenvalue weighted by Gasteiger charge is -2.38. The highest BCUT2D eigenvalue weighted by atomic mass is 16.7. The van der Waals surface area contributed by atoms with Gasteiger partial charge in [0.1, 0.15) is 0 Å². The summed E-state index contributed by atoms with van der Waals surface area (Å²) in [6, 6.07) is 6.89. The Morgan fingerprint density at radius 2 is 1.95 bits per heavy atom. The van der Waals surface area contributed by atoms with E-state index >= 15 is 0 Å². The van der Waals surface area contributed by atoms with E-state index in [0.717, 1.165) is 37.7 Å². The lowest BCUT2D eigenvalue weighted by molar-refractivity contribution is 0.128. The number of piperazine rings is 1. The smallest absolute Gasteiger partial charge is 0.231 e. The molecule has 1 saturated heterocycles. The SMILES string of the molecule is CCC(C)[C@H](c1ccc2c(c1)OCO2)N1CCNCC1. The molecule has 4 heteroatoms. The van der Waals surface area contributed by atoms with Crippen LogP contribution in [0.15, 0.2) is 18.2 Å². The van der Waals surface area contributed by atoms with Gasteiger partial charge in [-0.3, -0.25) is 4.90 Å². The van der Waals surface area contributed by atoms with E-state index < -0.39 is 0 Å². The fourth-order valence-electron chi connectivity index (χ4n) is 3.18. The molecule has 2 aliphatic heterocycles. The first-order valence-electron chi connectivity index (χ1n) is 7.64. The Balaban J connectivity index is 1.88. The second kappa shape index (κ2) is 6.02. The molecule has 0 bridgehead atoms. The molecule has 1 aromatic rings. The zero-order valence-corrected chi connectivity index (χ0v) is 12.4. The average molecular weight is 276 g/mol. The number of ether oxygens (including phenoxy) is 2. The molecular formula is C16H24N2O2. The number of hydrogen-bond donors (Lipinski definition) is 1. The third kappa shape index (κ3) is 2.63. The molecule has 2 heterocycles. The van der Waals surface area contributed by atoms with Crippen LogP contribution in [0.2, 0.25) is 0 Å². The van der Waals surface area contributed by atoms with E-state index in [-0.39, 0.29) is 0 Å². The molecule has 0 radical (unpaired) electrons.